The van der Waals surface area contributed by atoms with Crippen LogP contribution in [-0.4, -0.2) is 37.0 Å². The second-order valence-corrected chi connectivity index (χ2v) is 20.8. The molecule has 2 aromatic carbocycles. The quantitative estimate of drug-likeness (QED) is 0.258. The van der Waals surface area contributed by atoms with Crippen molar-refractivity contribution in [1.82, 2.24) is 0 Å². The predicted molar refractivity (Wildman–Crippen MR) is 184 cm³/mol. The molecule has 0 aliphatic carbocycles. The molecule has 0 saturated carbocycles. The predicted octanol–water partition coefficient (Wildman–Crippen LogP) is 10.2. The van der Waals surface area contributed by atoms with Gasteiger partial charge in [-0.3, -0.25) is 0 Å². The van der Waals surface area contributed by atoms with Crippen molar-refractivity contribution in [3.05, 3.63) is 57.6 Å². The van der Waals surface area contributed by atoms with Gasteiger partial charge in [-0.15, -0.1) is 0 Å². The molecule has 3 saturated heterocycles. The van der Waals surface area contributed by atoms with Crippen molar-refractivity contribution in [2.45, 2.75) is 162 Å². The molecular weight excluding hydrogens is 618 g/mol. The number of hydrogen-bond donors (Lipinski definition) is 0. The number of fused-ring (bicyclic) bond motifs is 5. The van der Waals surface area contributed by atoms with Crippen molar-refractivity contribution in [3.63, 3.8) is 0 Å². The van der Waals surface area contributed by atoms with Gasteiger partial charge in [-0.2, -0.15) is 0 Å². The molecule has 4 atom stereocenters. The zero-order chi connectivity index (χ0) is 34.9. The van der Waals surface area contributed by atoms with Gasteiger partial charge in [0.15, 0.2) is 0 Å². The maximum atomic E-state index is 18.9. The fraction of sp³-hybridized carbons (Fsp3) is 0.684. The summed E-state index contributed by atoms with van der Waals surface area (Å²) in [4.78, 5) is 0. The fourth-order valence-corrected chi connectivity index (χ4v) is 9.25. The fourth-order valence-electron chi connectivity index (χ4n) is 6.93. The zero-order valence-electron chi connectivity index (χ0n) is 31.1. The van der Waals surface area contributed by atoms with Gasteiger partial charge in [-0.25, -0.2) is 0 Å². The monoisotopic (exact) mass is 674 g/mol. The molecule has 0 unspecified atom stereocenters. The number of benzene rings is 2. The summed E-state index contributed by atoms with van der Waals surface area (Å²) in [6, 6.07) is 8.62. The van der Waals surface area contributed by atoms with E-state index in [1.54, 1.807) is 0 Å². The average molecular weight is 675 g/mol. The van der Waals surface area contributed by atoms with E-state index in [9.17, 15) is 0 Å². The van der Waals surface area contributed by atoms with Crippen molar-refractivity contribution in [3.8, 4) is 11.5 Å². The molecule has 2 aromatic rings. The molecule has 4 heterocycles. The molecule has 7 nitrogen and oxygen atoms in total. The second kappa shape index (κ2) is 10.4. The summed E-state index contributed by atoms with van der Waals surface area (Å²) in [5.41, 5.74) is 4.58. The van der Waals surface area contributed by atoms with Crippen LogP contribution in [0.2, 0.25) is 0 Å². The van der Waals surface area contributed by atoms with Crippen LogP contribution in [0.3, 0.4) is 0 Å². The van der Waals surface area contributed by atoms with E-state index >= 15 is 4.20 Å². The molecule has 0 radical (unpaired) electrons. The van der Waals surface area contributed by atoms with Crippen molar-refractivity contribution in [2.24, 2.45) is 0 Å². The van der Waals surface area contributed by atoms with Crippen LogP contribution >= 0.6 is 7.82 Å². The first-order valence-electron chi connectivity index (χ1n) is 17.1. The summed E-state index contributed by atoms with van der Waals surface area (Å²) in [7, 11) is -5.96. The standard InChI is InChI=1S/C38H56FO7P/c1-21-24-16-22(34(2,3)4)18-26(36(8,9)10)29(24)44-47(39,40-20-28-31(46-47)32-33(41-28)43-38(14,15)42-32)45-30-25(21)17-23(35(5,6)7)19-27(30)37(11,12)13/h16-19,21,28,31-33H,20H2,1-15H3/t28-,31+,32-,33-/m1/s1. The first-order valence-corrected chi connectivity index (χ1v) is 18.9. The van der Waals surface area contributed by atoms with Crippen LogP contribution in [-0.2, 0) is 44.9 Å². The van der Waals surface area contributed by atoms with Crippen LogP contribution in [0.4, 0.5) is 4.20 Å². The van der Waals surface area contributed by atoms with Crippen LogP contribution in [0.1, 0.15) is 143 Å². The Kier molecular flexibility index (Phi) is 7.73. The van der Waals surface area contributed by atoms with E-state index in [4.69, 9.17) is 32.3 Å². The molecule has 47 heavy (non-hydrogen) atoms. The van der Waals surface area contributed by atoms with Crippen molar-refractivity contribution >= 4 is 7.82 Å². The Hall–Kier alpha value is -1.80. The number of hydrogen-bond acceptors (Lipinski definition) is 7. The van der Waals surface area contributed by atoms with Gasteiger partial charge in [-0.05, 0) is 0 Å². The normalized spacial score (nSPS) is 30.4. The Morgan fingerprint density at radius 3 is 1.57 bits per heavy atom. The van der Waals surface area contributed by atoms with Crippen LogP contribution < -0.4 is 9.05 Å². The molecule has 6 rings (SSSR count). The van der Waals surface area contributed by atoms with Gasteiger partial charge >= 0.3 is 282 Å². The Morgan fingerprint density at radius 2 is 1.15 bits per heavy atom. The van der Waals surface area contributed by atoms with Crippen molar-refractivity contribution in [2.75, 3.05) is 6.61 Å². The van der Waals surface area contributed by atoms with Gasteiger partial charge in [0.1, 0.15) is 0 Å². The summed E-state index contributed by atoms with van der Waals surface area (Å²) < 4.78 is 63.3. The van der Waals surface area contributed by atoms with Crippen LogP contribution in [0, 0.1) is 0 Å². The van der Waals surface area contributed by atoms with Gasteiger partial charge < -0.3 is 0 Å². The summed E-state index contributed by atoms with van der Waals surface area (Å²) >= 11 is 0. The minimum atomic E-state index is -5.96. The Morgan fingerprint density at radius 1 is 0.681 bits per heavy atom. The van der Waals surface area contributed by atoms with Crippen LogP contribution in [0.5, 0.6) is 11.5 Å². The molecule has 0 N–H and O–H groups in total. The maximum absolute atomic E-state index is 18.9. The van der Waals surface area contributed by atoms with Gasteiger partial charge in [-0.1, -0.05) is 0 Å². The molecule has 4 aliphatic rings. The first kappa shape index (κ1) is 35.0. The van der Waals surface area contributed by atoms with E-state index in [0.717, 1.165) is 33.4 Å². The molecule has 1 spiro atoms. The first-order chi connectivity index (χ1) is 21.2. The third-order valence-electron chi connectivity index (χ3n) is 9.82. The van der Waals surface area contributed by atoms with E-state index < -0.39 is 49.0 Å². The Bertz CT molecular complexity index is 1500. The van der Waals surface area contributed by atoms with Gasteiger partial charge in [0, 0.05) is 0 Å². The molecule has 0 aromatic heterocycles. The van der Waals surface area contributed by atoms with E-state index in [2.05, 4.69) is 114 Å². The number of halogens is 1. The summed E-state index contributed by atoms with van der Waals surface area (Å²) in [5, 5.41) is 0. The average Bonchev–Trinajstić information content (AvgIpc) is 3.36. The van der Waals surface area contributed by atoms with Crippen LogP contribution in [0.25, 0.3) is 0 Å². The topological polar surface area (TPSA) is 64.6 Å². The second-order valence-electron chi connectivity index (χ2n) is 18.5. The summed E-state index contributed by atoms with van der Waals surface area (Å²) in [6.07, 6.45) is -2.89. The molecule has 9 heteroatoms. The van der Waals surface area contributed by atoms with Crippen LogP contribution in [0.15, 0.2) is 24.3 Å². The minimum absolute atomic E-state index is 0.144. The molecular formula is C38H56FO7P. The molecule has 262 valence electrons. The van der Waals surface area contributed by atoms with Gasteiger partial charge in [0.25, 0.3) is 0 Å². The molecule has 4 aliphatic heterocycles. The number of ether oxygens (including phenoxy) is 3. The van der Waals surface area contributed by atoms with E-state index in [-0.39, 0.29) is 23.4 Å². The summed E-state index contributed by atoms with van der Waals surface area (Å²) in [6.45, 7) is 31.5. The van der Waals surface area contributed by atoms with Gasteiger partial charge in [0.2, 0.25) is 0 Å². The van der Waals surface area contributed by atoms with E-state index in [0.29, 0.717) is 11.5 Å². The number of rotatable bonds is 0. The Balaban J connectivity index is 1.66. The third kappa shape index (κ3) is 6.14. The molecule has 3 fully saturated rings. The van der Waals surface area contributed by atoms with Gasteiger partial charge in [0.05, 0.1) is 0 Å². The Labute approximate surface area is 281 Å². The molecule has 0 bridgehead atoms. The summed E-state index contributed by atoms with van der Waals surface area (Å²) in [5.74, 6) is -0.314. The zero-order valence-corrected chi connectivity index (χ0v) is 32.0. The third-order valence-corrected chi connectivity index (χ3v) is 11.9. The molecule has 0 amide bonds. The SMILES string of the molecule is CC1c2cc(C(C)(C)C)cc(C(C)(C)C)c2OP2(F)(OC[C@H]3O[C@@H]4OC(C)(C)O[C@@H]4[C@H]3O2)Oc2c1cc(C(C)(C)C)cc2C(C)(C)C. The van der Waals surface area contributed by atoms with E-state index in [1.807, 2.05) is 13.8 Å². The van der Waals surface area contributed by atoms with Crippen molar-refractivity contribution < 1.29 is 36.5 Å². The van der Waals surface area contributed by atoms with E-state index in [1.165, 1.54) is 0 Å². The van der Waals surface area contributed by atoms with Crippen molar-refractivity contribution in [1.29, 1.82) is 0 Å².